The van der Waals surface area contributed by atoms with Crippen LogP contribution in [0.3, 0.4) is 0 Å². The van der Waals surface area contributed by atoms with Gasteiger partial charge in [-0.1, -0.05) is 43.7 Å². The fourth-order valence-electron chi connectivity index (χ4n) is 9.05. The van der Waals surface area contributed by atoms with Crippen LogP contribution in [0.1, 0.15) is 82.0 Å². The maximum atomic E-state index is 12.7. The van der Waals surface area contributed by atoms with Crippen molar-refractivity contribution in [1.29, 1.82) is 0 Å². The van der Waals surface area contributed by atoms with Crippen LogP contribution in [0.2, 0.25) is 0 Å². The summed E-state index contributed by atoms with van der Waals surface area (Å²) in [5, 5.41) is 5.08. The van der Waals surface area contributed by atoms with Gasteiger partial charge in [0, 0.05) is 32.9 Å². The van der Waals surface area contributed by atoms with Gasteiger partial charge in [-0.2, -0.15) is 0 Å². The summed E-state index contributed by atoms with van der Waals surface area (Å²) in [5.74, 6) is 1.77. The molecule has 4 aliphatic rings. The van der Waals surface area contributed by atoms with Crippen molar-refractivity contribution < 1.29 is 28.6 Å². The van der Waals surface area contributed by atoms with Gasteiger partial charge in [0.25, 0.3) is 0 Å². The first-order chi connectivity index (χ1) is 19.7. The van der Waals surface area contributed by atoms with Crippen LogP contribution in [0.4, 0.5) is 9.59 Å². The van der Waals surface area contributed by atoms with E-state index in [1.165, 1.54) is 12.6 Å². The number of rotatable bonds is 7. The number of alkyl carbamates (subject to hydrolysis) is 2. The van der Waals surface area contributed by atoms with E-state index in [1.54, 1.807) is 7.05 Å². The number of amides is 2. The van der Waals surface area contributed by atoms with Crippen molar-refractivity contribution in [3.8, 4) is 0 Å². The topological polar surface area (TPSA) is 103 Å². The SMILES string of the molecule is CNC(=O)OCCC(OC(=O)NC)C1CCC2C3CC=C4CC(OC(=O)c5ccccc5)CCC4(C)C3CCC12C. The molecule has 3 saturated carbocycles. The van der Waals surface area contributed by atoms with Crippen LogP contribution in [-0.2, 0) is 14.2 Å². The lowest BCUT2D eigenvalue weighted by atomic mass is 9.47. The number of benzene rings is 1. The molecule has 2 N–H and O–H groups in total. The molecule has 0 bridgehead atoms. The molecule has 8 atom stereocenters. The molecule has 0 heterocycles. The number of ether oxygens (including phenoxy) is 3. The smallest absolute Gasteiger partial charge is 0.407 e. The van der Waals surface area contributed by atoms with Gasteiger partial charge in [0.05, 0.1) is 12.2 Å². The molecule has 8 unspecified atom stereocenters. The monoisotopic (exact) mass is 566 g/mol. The molecule has 41 heavy (non-hydrogen) atoms. The number of carbonyl (C=O) groups excluding carboxylic acids is 3. The average molecular weight is 567 g/mol. The Morgan fingerprint density at radius 3 is 2.44 bits per heavy atom. The third-order valence-corrected chi connectivity index (χ3v) is 11.2. The summed E-state index contributed by atoms with van der Waals surface area (Å²) in [6, 6.07) is 9.27. The van der Waals surface area contributed by atoms with Gasteiger partial charge in [0.1, 0.15) is 12.2 Å². The predicted molar refractivity (Wildman–Crippen MR) is 155 cm³/mol. The number of fused-ring (bicyclic) bond motifs is 5. The van der Waals surface area contributed by atoms with Gasteiger partial charge in [-0.05, 0) is 85.7 Å². The molecule has 3 fully saturated rings. The van der Waals surface area contributed by atoms with E-state index in [9.17, 15) is 14.4 Å². The lowest BCUT2D eigenvalue weighted by molar-refractivity contribution is -0.0760. The van der Waals surface area contributed by atoms with E-state index in [1.807, 2.05) is 30.3 Å². The Bertz CT molecular complexity index is 1150. The molecule has 8 heteroatoms. The van der Waals surface area contributed by atoms with Crippen molar-refractivity contribution in [3.05, 3.63) is 47.5 Å². The average Bonchev–Trinajstić information content (AvgIpc) is 3.34. The van der Waals surface area contributed by atoms with E-state index in [0.717, 1.165) is 51.4 Å². The molecule has 0 spiro atoms. The standard InChI is InChI=1S/C33H46N2O6/c1-32-17-14-23(40-29(36)21-8-6-5-7-9-21)20-22(32)10-11-24-25-12-13-27(33(25,2)18-15-26(24)32)28(41-31(38)35-4)16-19-39-30(37)34-3/h5-10,23-28H,11-20H2,1-4H3,(H,34,37)(H,35,38). The largest absolute Gasteiger partial charge is 0.458 e. The Labute approximate surface area is 243 Å². The first-order valence-electron chi connectivity index (χ1n) is 15.4. The van der Waals surface area contributed by atoms with Crippen LogP contribution in [0.25, 0.3) is 0 Å². The zero-order valence-corrected chi connectivity index (χ0v) is 24.9. The Kier molecular flexibility index (Phi) is 8.67. The molecule has 8 nitrogen and oxygen atoms in total. The maximum absolute atomic E-state index is 12.7. The van der Waals surface area contributed by atoms with Crippen molar-refractivity contribution in [2.45, 2.75) is 83.8 Å². The van der Waals surface area contributed by atoms with Gasteiger partial charge in [-0.25, -0.2) is 14.4 Å². The van der Waals surface area contributed by atoms with Gasteiger partial charge in [0.15, 0.2) is 0 Å². The van der Waals surface area contributed by atoms with E-state index in [4.69, 9.17) is 14.2 Å². The van der Waals surface area contributed by atoms with Crippen LogP contribution in [0.5, 0.6) is 0 Å². The number of nitrogens with one attached hydrogen (secondary N) is 2. The van der Waals surface area contributed by atoms with Gasteiger partial charge in [-0.3, -0.25) is 0 Å². The first kappa shape index (κ1) is 29.5. The molecule has 0 aromatic heterocycles. The van der Waals surface area contributed by atoms with Gasteiger partial charge in [0.2, 0.25) is 0 Å². The highest BCUT2D eigenvalue weighted by molar-refractivity contribution is 5.89. The summed E-state index contributed by atoms with van der Waals surface area (Å²) in [7, 11) is 3.12. The minimum absolute atomic E-state index is 0.0665. The van der Waals surface area contributed by atoms with E-state index < -0.39 is 12.2 Å². The fourth-order valence-corrected chi connectivity index (χ4v) is 9.05. The zero-order chi connectivity index (χ0) is 29.2. The van der Waals surface area contributed by atoms with Crippen molar-refractivity contribution in [3.63, 3.8) is 0 Å². The highest BCUT2D eigenvalue weighted by atomic mass is 16.6. The third-order valence-electron chi connectivity index (χ3n) is 11.2. The molecule has 224 valence electrons. The van der Waals surface area contributed by atoms with Crippen molar-refractivity contribution in [1.82, 2.24) is 10.6 Å². The molecule has 4 aliphatic carbocycles. The van der Waals surface area contributed by atoms with E-state index >= 15 is 0 Å². The van der Waals surface area contributed by atoms with Crippen molar-refractivity contribution in [2.24, 2.45) is 34.5 Å². The van der Waals surface area contributed by atoms with Crippen LogP contribution in [0, 0.1) is 34.5 Å². The minimum atomic E-state index is -0.470. The van der Waals surface area contributed by atoms with Gasteiger partial charge >= 0.3 is 18.2 Å². The first-order valence-corrected chi connectivity index (χ1v) is 15.4. The number of esters is 1. The Morgan fingerprint density at radius 2 is 1.71 bits per heavy atom. The fraction of sp³-hybridized carbons (Fsp3) is 0.667. The second-order valence-corrected chi connectivity index (χ2v) is 13.0. The second kappa shape index (κ2) is 12.1. The molecule has 1 aromatic rings. The molecule has 5 rings (SSSR count). The minimum Gasteiger partial charge on any atom is -0.458 e. The lowest BCUT2D eigenvalue weighted by Crippen LogP contribution is -2.52. The number of hydrogen-bond donors (Lipinski definition) is 2. The molecular formula is C33H46N2O6. The normalized spacial score (nSPS) is 34.5. The molecule has 1 aromatic carbocycles. The van der Waals surface area contributed by atoms with Crippen LogP contribution in [0.15, 0.2) is 42.0 Å². The maximum Gasteiger partial charge on any atom is 0.407 e. The quantitative estimate of drug-likeness (QED) is 0.229. The zero-order valence-electron chi connectivity index (χ0n) is 24.9. The Hall–Kier alpha value is -3.03. The highest BCUT2D eigenvalue weighted by Gasteiger charge is 2.60. The van der Waals surface area contributed by atoms with Crippen molar-refractivity contribution >= 4 is 18.2 Å². The van der Waals surface area contributed by atoms with Crippen LogP contribution >= 0.6 is 0 Å². The van der Waals surface area contributed by atoms with E-state index in [2.05, 4.69) is 30.6 Å². The summed E-state index contributed by atoms with van der Waals surface area (Å²) in [6.45, 7) is 5.07. The third kappa shape index (κ3) is 5.71. The molecule has 2 amide bonds. The van der Waals surface area contributed by atoms with E-state index in [-0.39, 0.29) is 41.5 Å². The lowest BCUT2D eigenvalue weighted by Gasteiger charge is -2.58. The van der Waals surface area contributed by atoms with Crippen LogP contribution < -0.4 is 10.6 Å². The van der Waals surface area contributed by atoms with Gasteiger partial charge < -0.3 is 24.8 Å². The molecular weight excluding hydrogens is 520 g/mol. The molecule has 0 radical (unpaired) electrons. The molecule has 0 saturated heterocycles. The van der Waals surface area contributed by atoms with Gasteiger partial charge in [-0.15, -0.1) is 0 Å². The van der Waals surface area contributed by atoms with Crippen molar-refractivity contribution in [2.75, 3.05) is 20.7 Å². The Balaban J connectivity index is 1.28. The highest BCUT2D eigenvalue weighted by Crippen LogP contribution is 2.67. The summed E-state index contributed by atoms with van der Waals surface area (Å²) < 4.78 is 17.2. The number of allylic oxidation sites excluding steroid dienone is 1. The predicted octanol–water partition coefficient (Wildman–Crippen LogP) is 6.26. The number of hydrogen-bond acceptors (Lipinski definition) is 6. The summed E-state index contributed by atoms with van der Waals surface area (Å²) in [5.41, 5.74) is 2.29. The van der Waals surface area contributed by atoms with Crippen LogP contribution in [-0.4, -0.2) is 51.1 Å². The molecule has 0 aliphatic heterocycles. The summed E-state index contributed by atoms with van der Waals surface area (Å²) in [4.78, 5) is 36.7. The van der Waals surface area contributed by atoms with E-state index in [0.29, 0.717) is 29.7 Å². The second-order valence-electron chi connectivity index (χ2n) is 13.0. The Morgan fingerprint density at radius 1 is 0.951 bits per heavy atom. The summed E-state index contributed by atoms with van der Waals surface area (Å²) >= 11 is 0. The number of carbonyl (C=O) groups is 3. The summed E-state index contributed by atoms with van der Waals surface area (Å²) in [6.07, 6.45) is 9.91.